The molecule has 1 fully saturated rings. The predicted molar refractivity (Wildman–Crippen MR) is 40.0 cm³/mol. The van der Waals surface area contributed by atoms with Gasteiger partial charge in [-0.15, -0.1) is 0 Å². The molecule has 0 spiro atoms. The lowest BCUT2D eigenvalue weighted by atomic mass is 10.1. The number of nitrogens with one attached hydrogen (secondary N) is 2. The van der Waals surface area contributed by atoms with Gasteiger partial charge in [0.05, 0.1) is 0 Å². The molecule has 1 aliphatic rings. The van der Waals surface area contributed by atoms with Crippen LogP contribution in [0.2, 0.25) is 0 Å². The van der Waals surface area contributed by atoms with Crippen LogP contribution in [0.25, 0.3) is 0 Å². The van der Waals surface area contributed by atoms with E-state index in [2.05, 4.69) is 10.6 Å². The van der Waals surface area contributed by atoms with Crippen molar-refractivity contribution in [2.24, 2.45) is 0 Å². The summed E-state index contributed by atoms with van der Waals surface area (Å²) >= 11 is 0. The van der Waals surface area contributed by atoms with Gasteiger partial charge < -0.3 is 10.6 Å². The second kappa shape index (κ2) is 3.68. The molecular formula is C7H14N2O. The lowest BCUT2D eigenvalue weighted by molar-refractivity contribution is -0.117. The minimum Gasteiger partial charge on any atom is -0.314 e. The molecule has 1 heterocycles. The van der Waals surface area contributed by atoms with E-state index >= 15 is 0 Å². The number of carbonyl (C=O) groups is 1. The Bertz CT molecular complexity index is 119. The van der Waals surface area contributed by atoms with Gasteiger partial charge in [0.1, 0.15) is 5.78 Å². The number of carbonyl (C=O) groups excluding carboxylic acids is 1. The average Bonchev–Trinajstić information content (AvgIpc) is 1.88. The maximum Gasteiger partial charge on any atom is 0.131 e. The number of piperazine rings is 1. The van der Waals surface area contributed by atoms with Gasteiger partial charge in [0.2, 0.25) is 0 Å². The van der Waals surface area contributed by atoms with Gasteiger partial charge in [-0.05, 0) is 6.92 Å². The lowest BCUT2D eigenvalue weighted by Gasteiger charge is -2.23. The van der Waals surface area contributed by atoms with E-state index in [1.807, 2.05) is 0 Å². The first-order chi connectivity index (χ1) is 4.79. The first-order valence-corrected chi connectivity index (χ1v) is 3.72. The smallest absolute Gasteiger partial charge is 0.131 e. The van der Waals surface area contributed by atoms with Crippen molar-refractivity contribution in [2.75, 3.05) is 19.6 Å². The van der Waals surface area contributed by atoms with Crippen molar-refractivity contribution in [3.8, 4) is 0 Å². The molecule has 0 bridgehead atoms. The summed E-state index contributed by atoms with van der Waals surface area (Å²) in [5.74, 6) is 0.265. The highest BCUT2D eigenvalue weighted by Gasteiger charge is 2.12. The molecule has 1 rings (SSSR count). The molecule has 58 valence electrons. The van der Waals surface area contributed by atoms with E-state index in [1.54, 1.807) is 6.92 Å². The number of ketones is 1. The standard InChI is InChI=1S/C7H14N2O/c1-6(10)4-7-5-8-2-3-9-7/h7-9H,2-5H2,1H3. The van der Waals surface area contributed by atoms with Gasteiger partial charge in [0.15, 0.2) is 0 Å². The van der Waals surface area contributed by atoms with Crippen LogP contribution in [-0.2, 0) is 4.79 Å². The van der Waals surface area contributed by atoms with Gasteiger partial charge in [-0.3, -0.25) is 4.79 Å². The van der Waals surface area contributed by atoms with Crippen LogP contribution < -0.4 is 10.6 Å². The fourth-order valence-corrected chi connectivity index (χ4v) is 1.20. The zero-order chi connectivity index (χ0) is 7.40. The Morgan fingerprint density at radius 1 is 1.60 bits per heavy atom. The van der Waals surface area contributed by atoms with Gasteiger partial charge in [0.25, 0.3) is 0 Å². The van der Waals surface area contributed by atoms with Crippen LogP contribution in [0.3, 0.4) is 0 Å². The Morgan fingerprint density at radius 2 is 2.40 bits per heavy atom. The molecule has 3 nitrogen and oxygen atoms in total. The molecule has 0 aromatic rings. The summed E-state index contributed by atoms with van der Waals surface area (Å²) in [6.45, 7) is 4.57. The lowest BCUT2D eigenvalue weighted by Crippen LogP contribution is -2.48. The maximum absolute atomic E-state index is 10.6. The molecule has 0 saturated carbocycles. The van der Waals surface area contributed by atoms with Crippen molar-refractivity contribution in [2.45, 2.75) is 19.4 Å². The Kier molecular flexibility index (Phi) is 2.83. The minimum atomic E-state index is 0.265. The fourth-order valence-electron chi connectivity index (χ4n) is 1.20. The molecule has 0 aliphatic carbocycles. The summed E-state index contributed by atoms with van der Waals surface area (Å²) in [6.07, 6.45) is 0.660. The van der Waals surface area contributed by atoms with Crippen molar-refractivity contribution in [1.29, 1.82) is 0 Å². The molecule has 1 atom stereocenters. The molecule has 0 aromatic carbocycles. The highest BCUT2D eigenvalue weighted by atomic mass is 16.1. The average molecular weight is 142 g/mol. The van der Waals surface area contributed by atoms with Crippen molar-refractivity contribution in [3.63, 3.8) is 0 Å². The fraction of sp³-hybridized carbons (Fsp3) is 0.857. The Hall–Kier alpha value is -0.410. The second-order valence-corrected chi connectivity index (χ2v) is 2.76. The first-order valence-electron chi connectivity index (χ1n) is 3.72. The molecule has 2 N–H and O–H groups in total. The van der Waals surface area contributed by atoms with Crippen LogP contribution in [0.4, 0.5) is 0 Å². The Balaban J connectivity index is 2.19. The topological polar surface area (TPSA) is 41.1 Å². The van der Waals surface area contributed by atoms with E-state index < -0.39 is 0 Å². The van der Waals surface area contributed by atoms with Crippen molar-refractivity contribution < 1.29 is 4.79 Å². The number of hydrogen-bond acceptors (Lipinski definition) is 3. The normalized spacial score (nSPS) is 26.3. The predicted octanol–water partition coefficient (Wildman–Crippen LogP) is -0.473. The van der Waals surface area contributed by atoms with Gasteiger partial charge in [-0.1, -0.05) is 0 Å². The van der Waals surface area contributed by atoms with Crippen LogP contribution >= 0.6 is 0 Å². The van der Waals surface area contributed by atoms with Crippen LogP contribution in [-0.4, -0.2) is 31.5 Å². The summed E-state index contributed by atoms with van der Waals surface area (Å²) in [6, 6.07) is 0.367. The zero-order valence-electron chi connectivity index (χ0n) is 6.31. The van der Waals surface area contributed by atoms with Gasteiger partial charge in [-0.2, -0.15) is 0 Å². The highest BCUT2D eigenvalue weighted by molar-refractivity contribution is 5.76. The van der Waals surface area contributed by atoms with Gasteiger partial charge in [0, 0.05) is 32.1 Å². The summed E-state index contributed by atoms with van der Waals surface area (Å²) in [5.41, 5.74) is 0. The van der Waals surface area contributed by atoms with E-state index in [1.165, 1.54) is 0 Å². The molecular weight excluding hydrogens is 128 g/mol. The molecule has 3 heteroatoms. The van der Waals surface area contributed by atoms with E-state index in [0.29, 0.717) is 12.5 Å². The minimum absolute atomic E-state index is 0.265. The number of hydrogen-bond donors (Lipinski definition) is 2. The summed E-state index contributed by atoms with van der Waals surface area (Å²) in [7, 11) is 0. The van der Waals surface area contributed by atoms with E-state index in [9.17, 15) is 4.79 Å². The number of rotatable bonds is 2. The van der Waals surface area contributed by atoms with Crippen LogP contribution in [0.5, 0.6) is 0 Å². The van der Waals surface area contributed by atoms with Gasteiger partial charge in [-0.25, -0.2) is 0 Å². The highest BCUT2D eigenvalue weighted by Crippen LogP contribution is 1.93. The molecule has 10 heavy (non-hydrogen) atoms. The van der Waals surface area contributed by atoms with E-state index in [0.717, 1.165) is 19.6 Å². The third kappa shape index (κ3) is 2.45. The Labute approximate surface area is 61.2 Å². The van der Waals surface area contributed by atoms with E-state index in [-0.39, 0.29) is 5.78 Å². The van der Waals surface area contributed by atoms with Crippen LogP contribution in [0, 0.1) is 0 Å². The summed E-state index contributed by atoms with van der Waals surface area (Å²) in [5, 5.41) is 6.49. The number of Topliss-reactive ketones (excluding diaryl/α,β-unsaturated/α-hetero) is 1. The molecule has 0 aromatic heterocycles. The van der Waals surface area contributed by atoms with Crippen LogP contribution in [0.1, 0.15) is 13.3 Å². The molecule has 1 saturated heterocycles. The molecule has 1 unspecified atom stereocenters. The summed E-state index contributed by atoms with van der Waals surface area (Å²) < 4.78 is 0. The van der Waals surface area contributed by atoms with Crippen LogP contribution in [0.15, 0.2) is 0 Å². The quantitative estimate of drug-likeness (QED) is 0.547. The first kappa shape index (κ1) is 7.69. The third-order valence-electron chi connectivity index (χ3n) is 1.66. The molecule has 0 radical (unpaired) electrons. The molecule has 0 amide bonds. The zero-order valence-corrected chi connectivity index (χ0v) is 6.31. The second-order valence-electron chi connectivity index (χ2n) is 2.76. The Morgan fingerprint density at radius 3 is 2.90 bits per heavy atom. The molecule has 1 aliphatic heterocycles. The third-order valence-corrected chi connectivity index (χ3v) is 1.66. The SMILES string of the molecule is CC(=O)CC1CNCCN1. The van der Waals surface area contributed by atoms with Crippen molar-refractivity contribution >= 4 is 5.78 Å². The van der Waals surface area contributed by atoms with Gasteiger partial charge >= 0.3 is 0 Å². The van der Waals surface area contributed by atoms with Crippen molar-refractivity contribution in [1.82, 2.24) is 10.6 Å². The van der Waals surface area contributed by atoms with E-state index in [4.69, 9.17) is 0 Å². The maximum atomic E-state index is 10.6. The monoisotopic (exact) mass is 142 g/mol. The van der Waals surface area contributed by atoms with Crippen molar-refractivity contribution in [3.05, 3.63) is 0 Å². The summed E-state index contributed by atoms with van der Waals surface area (Å²) in [4.78, 5) is 10.6. The largest absolute Gasteiger partial charge is 0.314 e.